The fraction of sp³-hybridized carbons (Fsp3) is 0.319. The Morgan fingerprint density at radius 1 is 0.712 bits per heavy atom. The summed E-state index contributed by atoms with van der Waals surface area (Å²) in [5.41, 5.74) is 12.1. The molecule has 3 atom stereocenters. The second-order valence-corrected chi connectivity index (χ2v) is 14.7. The van der Waals surface area contributed by atoms with E-state index < -0.39 is 0 Å². The lowest BCUT2D eigenvalue weighted by molar-refractivity contribution is 0.0703. The van der Waals surface area contributed by atoms with Gasteiger partial charge in [-0.05, 0) is 84.4 Å². The molecule has 0 aliphatic carbocycles. The van der Waals surface area contributed by atoms with E-state index in [9.17, 15) is 5.11 Å². The first-order chi connectivity index (χ1) is 25.7. The summed E-state index contributed by atoms with van der Waals surface area (Å²) in [6.45, 7) is 11.2. The van der Waals surface area contributed by atoms with Gasteiger partial charge in [0.1, 0.15) is 0 Å². The highest BCUT2D eigenvalue weighted by atomic mass is 16.3. The zero-order chi connectivity index (χ0) is 35.4. The van der Waals surface area contributed by atoms with Crippen molar-refractivity contribution in [3.8, 4) is 11.3 Å². The first kappa shape index (κ1) is 34.4. The van der Waals surface area contributed by atoms with Gasteiger partial charge in [0.15, 0.2) is 0 Å². The van der Waals surface area contributed by atoms with Crippen LogP contribution in [0.25, 0.3) is 22.2 Å². The van der Waals surface area contributed by atoms with Gasteiger partial charge in [-0.25, -0.2) is 0 Å². The molecule has 52 heavy (non-hydrogen) atoms. The van der Waals surface area contributed by atoms with E-state index in [1.807, 2.05) is 0 Å². The third-order valence-electron chi connectivity index (χ3n) is 11.7. The van der Waals surface area contributed by atoms with Gasteiger partial charge in [0.25, 0.3) is 0 Å². The Labute approximate surface area is 309 Å². The first-order valence-electron chi connectivity index (χ1n) is 19.4. The highest BCUT2D eigenvalue weighted by molar-refractivity contribution is 5.92. The fourth-order valence-electron chi connectivity index (χ4n) is 9.36. The molecule has 1 N–H and O–H groups in total. The number of aliphatic hydroxyl groups is 1. The van der Waals surface area contributed by atoms with Crippen molar-refractivity contribution in [3.05, 3.63) is 161 Å². The maximum atomic E-state index is 10.7. The van der Waals surface area contributed by atoms with Gasteiger partial charge >= 0.3 is 0 Å². The standard InChI is InChI=1S/C47H52N4O/c1-3-49-29-27-41-42-30-38(24-25-44(42)50(4-2)47(41)45(49)34-52)46-40(39-22-14-15-23-43(39)51(46)33-37-20-12-7-13-21-37)26-28-48(31-35-16-8-5-9-17-35)32-36-18-10-6-11-19-36/h5-25,30,41,45,47,52H,3-4,26-29,31-34H2,1-2H3. The summed E-state index contributed by atoms with van der Waals surface area (Å²) in [6, 6.07) is 49.5. The maximum Gasteiger partial charge on any atom is 0.0607 e. The summed E-state index contributed by atoms with van der Waals surface area (Å²) in [5, 5.41) is 12.0. The summed E-state index contributed by atoms with van der Waals surface area (Å²) in [5.74, 6) is 0.414. The second-order valence-electron chi connectivity index (χ2n) is 14.7. The van der Waals surface area contributed by atoms with E-state index in [2.05, 4.69) is 167 Å². The number of hydrogen-bond acceptors (Lipinski definition) is 4. The highest BCUT2D eigenvalue weighted by Crippen LogP contribution is 2.49. The Balaban J connectivity index is 1.23. The lowest BCUT2D eigenvalue weighted by atomic mass is 9.83. The van der Waals surface area contributed by atoms with Crippen LogP contribution in [0, 0.1) is 0 Å². The molecule has 5 aromatic carbocycles. The van der Waals surface area contributed by atoms with Crippen molar-refractivity contribution in [2.45, 2.75) is 64.3 Å². The van der Waals surface area contributed by atoms with E-state index in [1.165, 1.54) is 55.7 Å². The molecule has 2 aliphatic rings. The number of likely N-dealkylation sites (tertiary alicyclic amines) is 1. The maximum absolute atomic E-state index is 10.7. The lowest BCUT2D eigenvalue weighted by Crippen LogP contribution is -2.57. The van der Waals surface area contributed by atoms with Crippen LogP contribution in [0.2, 0.25) is 0 Å². The average Bonchev–Trinajstić information content (AvgIpc) is 3.69. The van der Waals surface area contributed by atoms with Crippen molar-refractivity contribution in [3.63, 3.8) is 0 Å². The molecule has 0 amide bonds. The minimum absolute atomic E-state index is 0.153. The Morgan fingerprint density at radius 3 is 1.98 bits per heavy atom. The van der Waals surface area contributed by atoms with Crippen LogP contribution in [0.15, 0.2) is 133 Å². The Bertz CT molecular complexity index is 2030. The van der Waals surface area contributed by atoms with E-state index in [1.54, 1.807) is 0 Å². The summed E-state index contributed by atoms with van der Waals surface area (Å²) >= 11 is 0. The van der Waals surface area contributed by atoms with Crippen molar-refractivity contribution in [2.75, 3.05) is 37.7 Å². The molecule has 1 fully saturated rings. The number of nitrogens with zero attached hydrogens (tertiary/aromatic N) is 4. The molecule has 0 saturated carbocycles. The van der Waals surface area contributed by atoms with Crippen molar-refractivity contribution >= 4 is 16.6 Å². The average molecular weight is 689 g/mol. The van der Waals surface area contributed by atoms with Crippen molar-refractivity contribution in [1.29, 1.82) is 0 Å². The molecule has 1 aromatic heterocycles. The third kappa shape index (κ3) is 6.69. The topological polar surface area (TPSA) is 34.9 Å². The number of aliphatic hydroxyl groups excluding tert-OH is 1. The molecule has 3 unspecified atom stereocenters. The summed E-state index contributed by atoms with van der Waals surface area (Å²) in [4.78, 5) is 7.68. The monoisotopic (exact) mass is 688 g/mol. The van der Waals surface area contributed by atoms with Crippen LogP contribution in [-0.4, -0.2) is 64.3 Å². The van der Waals surface area contributed by atoms with Gasteiger partial charge in [-0.2, -0.15) is 0 Å². The van der Waals surface area contributed by atoms with Crippen LogP contribution in [0.3, 0.4) is 0 Å². The number of para-hydroxylation sites is 1. The number of fused-ring (bicyclic) bond motifs is 4. The van der Waals surface area contributed by atoms with E-state index in [4.69, 9.17) is 0 Å². The minimum Gasteiger partial charge on any atom is -0.395 e. The minimum atomic E-state index is 0.153. The molecule has 6 aromatic rings. The molecule has 5 nitrogen and oxygen atoms in total. The fourth-order valence-corrected chi connectivity index (χ4v) is 9.36. The van der Waals surface area contributed by atoms with Crippen LogP contribution >= 0.6 is 0 Å². The van der Waals surface area contributed by atoms with Gasteiger partial charge in [-0.1, -0.05) is 122 Å². The number of rotatable bonds is 13. The molecular formula is C47H52N4O. The molecule has 0 radical (unpaired) electrons. The molecule has 0 bridgehead atoms. The predicted molar refractivity (Wildman–Crippen MR) is 216 cm³/mol. The van der Waals surface area contributed by atoms with Crippen molar-refractivity contribution in [1.82, 2.24) is 14.4 Å². The van der Waals surface area contributed by atoms with Gasteiger partial charge in [0.05, 0.1) is 24.4 Å². The van der Waals surface area contributed by atoms with Gasteiger partial charge in [0.2, 0.25) is 0 Å². The van der Waals surface area contributed by atoms with Gasteiger partial charge in [-0.3, -0.25) is 9.80 Å². The lowest BCUT2D eigenvalue weighted by Gasteiger charge is -2.45. The Kier molecular flexibility index (Phi) is 10.3. The van der Waals surface area contributed by atoms with Crippen LogP contribution in [0.4, 0.5) is 5.69 Å². The van der Waals surface area contributed by atoms with E-state index in [0.29, 0.717) is 12.0 Å². The van der Waals surface area contributed by atoms with E-state index in [0.717, 1.165) is 58.7 Å². The third-order valence-corrected chi connectivity index (χ3v) is 11.7. The molecule has 2 aliphatic heterocycles. The largest absolute Gasteiger partial charge is 0.395 e. The zero-order valence-corrected chi connectivity index (χ0v) is 30.7. The summed E-state index contributed by atoms with van der Waals surface area (Å²) in [6.07, 6.45) is 2.06. The molecule has 3 heterocycles. The normalized spacial score (nSPS) is 18.6. The number of aromatic nitrogens is 1. The van der Waals surface area contributed by atoms with Crippen LogP contribution in [-0.2, 0) is 26.1 Å². The first-order valence-corrected chi connectivity index (χ1v) is 19.4. The number of hydrogen-bond donors (Lipinski definition) is 1. The summed E-state index contributed by atoms with van der Waals surface area (Å²) < 4.78 is 2.58. The van der Waals surface area contributed by atoms with Crippen LogP contribution in [0.1, 0.15) is 54.0 Å². The number of anilines is 1. The number of benzene rings is 5. The molecule has 5 heteroatoms. The number of piperidine rings is 1. The SMILES string of the molecule is CCN1CCC2c3cc(-c4c(CCN(Cc5ccccc5)Cc5ccccc5)c5ccccc5n4Cc4ccccc4)ccc3N(CC)C2C1CO. The molecule has 266 valence electrons. The van der Waals surface area contributed by atoms with Crippen molar-refractivity contribution in [2.24, 2.45) is 0 Å². The smallest absolute Gasteiger partial charge is 0.0607 e. The highest BCUT2D eigenvalue weighted by Gasteiger charge is 2.46. The van der Waals surface area contributed by atoms with E-state index in [-0.39, 0.29) is 12.6 Å². The van der Waals surface area contributed by atoms with Gasteiger partial charge in [-0.15, -0.1) is 0 Å². The quantitative estimate of drug-likeness (QED) is 0.131. The van der Waals surface area contributed by atoms with Gasteiger partial charge < -0.3 is 14.6 Å². The predicted octanol–water partition coefficient (Wildman–Crippen LogP) is 8.98. The van der Waals surface area contributed by atoms with Crippen LogP contribution in [0.5, 0.6) is 0 Å². The second kappa shape index (κ2) is 15.5. The molecule has 0 spiro atoms. The Hall–Kier alpha value is -4.68. The molecule has 1 saturated heterocycles. The number of likely N-dealkylation sites (N-methyl/N-ethyl adjacent to an activating group) is 2. The van der Waals surface area contributed by atoms with Gasteiger partial charge in [0, 0.05) is 55.2 Å². The van der Waals surface area contributed by atoms with Crippen molar-refractivity contribution < 1.29 is 5.11 Å². The molecular weight excluding hydrogens is 637 g/mol. The van der Waals surface area contributed by atoms with Crippen LogP contribution < -0.4 is 4.90 Å². The Morgan fingerprint density at radius 2 is 1.35 bits per heavy atom. The molecule has 8 rings (SSSR count). The summed E-state index contributed by atoms with van der Waals surface area (Å²) in [7, 11) is 0. The van der Waals surface area contributed by atoms with E-state index >= 15 is 0 Å². The zero-order valence-electron chi connectivity index (χ0n) is 30.7.